The molecule has 0 spiro atoms. The number of aryl methyl sites for hydroxylation is 1. The van der Waals surface area contributed by atoms with Crippen LogP contribution in [0.3, 0.4) is 0 Å². The van der Waals surface area contributed by atoms with E-state index in [9.17, 15) is 0 Å². The topological polar surface area (TPSA) is 31.4 Å². The molecule has 0 aliphatic rings. The van der Waals surface area contributed by atoms with Gasteiger partial charge in [0.05, 0.1) is 25.4 Å². The van der Waals surface area contributed by atoms with E-state index >= 15 is 0 Å². The predicted molar refractivity (Wildman–Crippen MR) is 85.0 cm³/mol. The van der Waals surface area contributed by atoms with Gasteiger partial charge in [-0.15, -0.1) is 0 Å². The fourth-order valence-electron chi connectivity index (χ4n) is 2.47. The van der Waals surface area contributed by atoms with Crippen LogP contribution in [-0.2, 0) is 0 Å². The average Bonchev–Trinajstić information content (AvgIpc) is 2.53. The number of rotatable bonds is 3. The van der Waals surface area contributed by atoms with Gasteiger partial charge in [-0.05, 0) is 24.6 Å². The van der Waals surface area contributed by atoms with E-state index < -0.39 is 0 Å². The van der Waals surface area contributed by atoms with Crippen molar-refractivity contribution < 1.29 is 9.47 Å². The van der Waals surface area contributed by atoms with Gasteiger partial charge >= 0.3 is 0 Å². The number of ether oxygens (including phenoxy) is 2. The fraction of sp³-hybridized carbons (Fsp3) is 0.167. The Hall–Kier alpha value is -2.55. The Morgan fingerprint density at radius 3 is 2.43 bits per heavy atom. The number of pyridine rings is 1. The summed E-state index contributed by atoms with van der Waals surface area (Å²) in [6.07, 6.45) is 0. The van der Waals surface area contributed by atoms with E-state index in [0.29, 0.717) is 0 Å². The zero-order valence-electron chi connectivity index (χ0n) is 12.4. The van der Waals surface area contributed by atoms with Crippen LogP contribution in [0.4, 0.5) is 0 Å². The summed E-state index contributed by atoms with van der Waals surface area (Å²) in [5.41, 5.74) is 4.17. The molecule has 3 nitrogen and oxygen atoms in total. The molecule has 0 unspecified atom stereocenters. The zero-order chi connectivity index (χ0) is 14.8. The van der Waals surface area contributed by atoms with Crippen LogP contribution in [0.2, 0.25) is 0 Å². The van der Waals surface area contributed by atoms with Gasteiger partial charge in [0, 0.05) is 23.1 Å². The predicted octanol–water partition coefficient (Wildman–Crippen LogP) is 4.23. The maximum Gasteiger partial charge on any atom is 0.131 e. The van der Waals surface area contributed by atoms with Crippen molar-refractivity contribution in [3.05, 3.63) is 54.1 Å². The van der Waals surface area contributed by atoms with E-state index in [4.69, 9.17) is 14.5 Å². The highest BCUT2D eigenvalue weighted by Crippen LogP contribution is 2.32. The van der Waals surface area contributed by atoms with Gasteiger partial charge in [-0.1, -0.05) is 24.3 Å². The summed E-state index contributed by atoms with van der Waals surface area (Å²) in [5.74, 6) is 1.52. The fourth-order valence-corrected chi connectivity index (χ4v) is 2.47. The van der Waals surface area contributed by atoms with E-state index in [1.165, 1.54) is 5.56 Å². The first kappa shape index (κ1) is 13.4. The molecule has 21 heavy (non-hydrogen) atoms. The van der Waals surface area contributed by atoms with Crippen LogP contribution in [0.25, 0.3) is 22.2 Å². The lowest BCUT2D eigenvalue weighted by molar-refractivity contribution is 0.398. The first-order chi connectivity index (χ1) is 10.2. The number of fused-ring (bicyclic) bond motifs is 1. The molecule has 0 saturated carbocycles. The summed E-state index contributed by atoms with van der Waals surface area (Å²) in [4.78, 5) is 4.76. The largest absolute Gasteiger partial charge is 0.497 e. The molecule has 0 fully saturated rings. The molecule has 0 aliphatic heterocycles. The summed E-state index contributed by atoms with van der Waals surface area (Å²) < 4.78 is 10.7. The summed E-state index contributed by atoms with van der Waals surface area (Å²) in [7, 11) is 3.30. The van der Waals surface area contributed by atoms with E-state index in [1.54, 1.807) is 14.2 Å². The number of methoxy groups -OCH3 is 2. The molecule has 0 atom stereocenters. The van der Waals surface area contributed by atoms with Crippen LogP contribution in [-0.4, -0.2) is 19.2 Å². The monoisotopic (exact) mass is 279 g/mol. The van der Waals surface area contributed by atoms with Crippen LogP contribution in [0.15, 0.2) is 48.5 Å². The van der Waals surface area contributed by atoms with Crippen molar-refractivity contribution in [2.75, 3.05) is 14.2 Å². The summed E-state index contributed by atoms with van der Waals surface area (Å²) in [6.45, 7) is 2.09. The van der Waals surface area contributed by atoms with Gasteiger partial charge in [-0.2, -0.15) is 0 Å². The second-order valence-corrected chi connectivity index (χ2v) is 4.91. The number of hydrogen-bond acceptors (Lipinski definition) is 3. The second-order valence-electron chi connectivity index (χ2n) is 4.91. The van der Waals surface area contributed by atoms with Crippen LogP contribution in [0.1, 0.15) is 5.56 Å². The highest BCUT2D eigenvalue weighted by atomic mass is 16.5. The normalized spacial score (nSPS) is 10.6. The van der Waals surface area contributed by atoms with Gasteiger partial charge in [0.1, 0.15) is 11.5 Å². The van der Waals surface area contributed by atoms with Crippen LogP contribution < -0.4 is 9.47 Å². The molecule has 1 heterocycles. The minimum Gasteiger partial charge on any atom is -0.497 e. The van der Waals surface area contributed by atoms with Crippen LogP contribution >= 0.6 is 0 Å². The number of aromatic nitrogens is 1. The lowest BCUT2D eigenvalue weighted by Gasteiger charge is -2.10. The molecule has 0 radical (unpaired) electrons. The maximum absolute atomic E-state index is 5.42. The van der Waals surface area contributed by atoms with E-state index in [0.717, 1.165) is 33.7 Å². The number of benzene rings is 2. The third-order valence-corrected chi connectivity index (χ3v) is 3.62. The number of nitrogens with zero attached hydrogens (tertiary/aromatic N) is 1. The molecule has 0 bridgehead atoms. The van der Waals surface area contributed by atoms with Gasteiger partial charge in [0.25, 0.3) is 0 Å². The third-order valence-electron chi connectivity index (χ3n) is 3.62. The summed E-state index contributed by atoms with van der Waals surface area (Å²) >= 11 is 0. The van der Waals surface area contributed by atoms with E-state index in [2.05, 4.69) is 19.1 Å². The van der Waals surface area contributed by atoms with Crippen LogP contribution in [0.5, 0.6) is 11.5 Å². The SMILES string of the molecule is COc1cc(OC)c2ccc(-c3ccccc3C)nc2c1. The van der Waals surface area contributed by atoms with Gasteiger partial charge in [-0.3, -0.25) is 0 Å². The first-order valence-corrected chi connectivity index (χ1v) is 6.81. The lowest BCUT2D eigenvalue weighted by Crippen LogP contribution is -1.92. The molecule has 0 N–H and O–H groups in total. The Morgan fingerprint density at radius 1 is 0.905 bits per heavy atom. The van der Waals surface area contributed by atoms with E-state index in [-0.39, 0.29) is 0 Å². The first-order valence-electron chi connectivity index (χ1n) is 6.81. The molecule has 1 aromatic heterocycles. The standard InChI is InChI=1S/C18H17NO2/c1-12-6-4-5-7-14(12)16-9-8-15-17(19-16)10-13(20-2)11-18(15)21-3/h4-11H,1-3H3. The van der Waals surface area contributed by atoms with Crippen molar-refractivity contribution in [2.24, 2.45) is 0 Å². The van der Waals surface area contributed by atoms with Gasteiger partial charge < -0.3 is 9.47 Å². The molecule has 106 valence electrons. The van der Waals surface area contributed by atoms with Crippen molar-refractivity contribution in [1.29, 1.82) is 0 Å². The highest BCUT2D eigenvalue weighted by Gasteiger charge is 2.09. The van der Waals surface area contributed by atoms with Crippen molar-refractivity contribution in [3.63, 3.8) is 0 Å². The number of hydrogen-bond donors (Lipinski definition) is 0. The highest BCUT2D eigenvalue weighted by molar-refractivity contribution is 5.88. The van der Waals surface area contributed by atoms with Crippen molar-refractivity contribution >= 4 is 10.9 Å². The quantitative estimate of drug-likeness (QED) is 0.719. The van der Waals surface area contributed by atoms with Crippen molar-refractivity contribution in [1.82, 2.24) is 4.98 Å². The molecule has 0 aliphatic carbocycles. The van der Waals surface area contributed by atoms with Crippen molar-refractivity contribution in [3.8, 4) is 22.8 Å². The molecule has 3 heteroatoms. The summed E-state index contributed by atoms with van der Waals surface area (Å²) in [6, 6.07) is 16.1. The molecule has 0 saturated heterocycles. The molecule has 0 amide bonds. The smallest absolute Gasteiger partial charge is 0.131 e. The molecule has 2 aromatic carbocycles. The molecular formula is C18H17NO2. The van der Waals surface area contributed by atoms with Crippen LogP contribution in [0, 0.1) is 6.92 Å². The summed E-state index contributed by atoms with van der Waals surface area (Å²) in [5, 5.41) is 0.982. The Morgan fingerprint density at radius 2 is 1.71 bits per heavy atom. The second kappa shape index (κ2) is 5.44. The maximum atomic E-state index is 5.42. The third kappa shape index (κ3) is 2.42. The molecule has 3 rings (SSSR count). The molecule has 3 aromatic rings. The average molecular weight is 279 g/mol. The molecular weight excluding hydrogens is 262 g/mol. The minimum atomic E-state index is 0.744. The lowest BCUT2D eigenvalue weighted by atomic mass is 10.0. The van der Waals surface area contributed by atoms with Crippen molar-refractivity contribution in [2.45, 2.75) is 6.92 Å². The minimum absolute atomic E-state index is 0.744. The van der Waals surface area contributed by atoms with Gasteiger partial charge in [0.2, 0.25) is 0 Å². The Labute approximate surface area is 124 Å². The Balaban J connectivity index is 2.22. The Kier molecular flexibility index (Phi) is 3.48. The zero-order valence-corrected chi connectivity index (χ0v) is 12.4. The van der Waals surface area contributed by atoms with Gasteiger partial charge in [0.15, 0.2) is 0 Å². The Bertz CT molecular complexity index is 796. The van der Waals surface area contributed by atoms with E-state index in [1.807, 2.05) is 36.4 Å². The van der Waals surface area contributed by atoms with Gasteiger partial charge in [-0.25, -0.2) is 4.98 Å².